The predicted octanol–water partition coefficient (Wildman–Crippen LogP) is 4.26. The van der Waals surface area contributed by atoms with E-state index < -0.39 is 6.85 Å². The summed E-state index contributed by atoms with van der Waals surface area (Å²) in [6.45, 7) is -2.21. The van der Waals surface area contributed by atoms with Crippen LogP contribution in [-0.4, -0.2) is 9.97 Å². The SMILES string of the molecule is [2H]C([2H])([2H])c1ccccc1-c1nc(Cl)nc2ccccc12. The standard InChI is InChI=1S/C15H11ClN2/c1-10-6-2-3-7-11(10)14-12-8-4-5-9-13(12)17-15(16)18-14/h2-9H,1H3/i1D3. The molecule has 0 bridgehead atoms. The number of fused-ring (bicyclic) bond motifs is 1. The molecule has 1 aromatic heterocycles. The third kappa shape index (κ3) is 1.85. The van der Waals surface area contributed by atoms with Gasteiger partial charge in [0.2, 0.25) is 5.28 Å². The second-order valence-corrected chi connectivity index (χ2v) is 4.24. The van der Waals surface area contributed by atoms with E-state index >= 15 is 0 Å². The molecule has 0 aliphatic carbocycles. The molecule has 0 amide bonds. The maximum Gasteiger partial charge on any atom is 0.223 e. The van der Waals surface area contributed by atoms with Crippen molar-refractivity contribution in [3.05, 3.63) is 59.4 Å². The largest absolute Gasteiger partial charge is 0.223 e. The topological polar surface area (TPSA) is 25.8 Å². The van der Waals surface area contributed by atoms with Crippen molar-refractivity contribution in [2.24, 2.45) is 0 Å². The van der Waals surface area contributed by atoms with E-state index in [1.165, 1.54) is 0 Å². The fourth-order valence-corrected chi connectivity index (χ4v) is 2.12. The van der Waals surface area contributed by atoms with Crippen LogP contribution in [0, 0.1) is 6.85 Å². The first-order valence-corrected chi connectivity index (χ1v) is 5.87. The second-order valence-electron chi connectivity index (χ2n) is 3.90. The van der Waals surface area contributed by atoms with Gasteiger partial charge in [0.1, 0.15) is 0 Å². The molecule has 0 fully saturated rings. The maximum absolute atomic E-state index is 7.68. The first-order chi connectivity index (χ1) is 9.97. The minimum Gasteiger partial charge on any atom is -0.218 e. The fourth-order valence-electron chi connectivity index (χ4n) is 1.94. The summed E-state index contributed by atoms with van der Waals surface area (Å²) in [4.78, 5) is 8.42. The van der Waals surface area contributed by atoms with Crippen molar-refractivity contribution in [2.45, 2.75) is 6.85 Å². The molecule has 0 saturated heterocycles. The Kier molecular flexibility index (Phi) is 2.00. The Labute approximate surface area is 114 Å². The number of hydrogen-bond donors (Lipinski definition) is 0. The smallest absolute Gasteiger partial charge is 0.218 e. The number of hydrogen-bond acceptors (Lipinski definition) is 2. The molecular formula is C15H11ClN2. The van der Waals surface area contributed by atoms with E-state index in [2.05, 4.69) is 9.97 Å². The van der Waals surface area contributed by atoms with Gasteiger partial charge >= 0.3 is 0 Å². The monoisotopic (exact) mass is 257 g/mol. The van der Waals surface area contributed by atoms with Gasteiger partial charge in [-0.05, 0) is 30.1 Å². The molecule has 0 unspecified atom stereocenters. The van der Waals surface area contributed by atoms with Crippen LogP contribution in [0.2, 0.25) is 5.28 Å². The van der Waals surface area contributed by atoms with Crippen molar-refractivity contribution in [3.63, 3.8) is 0 Å². The van der Waals surface area contributed by atoms with Gasteiger partial charge in [-0.1, -0.05) is 42.5 Å². The summed E-state index contributed by atoms with van der Waals surface area (Å²) < 4.78 is 23.0. The molecule has 0 aliphatic heterocycles. The number of para-hydroxylation sites is 1. The van der Waals surface area contributed by atoms with Crippen LogP contribution in [0.4, 0.5) is 0 Å². The molecule has 88 valence electrons. The minimum absolute atomic E-state index is 0.101. The summed E-state index contributed by atoms with van der Waals surface area (Å²) in [6.07, 6.45) is 0. The Morgan fingerprint density at radius 1 is 1.00 bits per heavy atom. The van der Waals surface area contributed by atoms with Crippen LogP contribution in [0.5, 0.6) is 0 Å². The Hall–Kier alpha value is -1.93. The van der Waals surface area contributed by atoms with Gasteiger partial charge in [-0.15, -0.1) is 0 Å². The van der Waals surface area contributed by atoms with E-state index in [-0.39, 0.29) is 10.8 Å². The lowest BCUT2D eigenvalue weighted by molar-refractivity contribution is 1.22. The van der Waals surface area contributed by atoms with Gasteiger partial charge in [-0.3, -0.25) is 0 Å². The predicted molar refractivity (Wildman–Crippen MR) is 74.7 cm³/mol. The average molecular weight is 258 g/mol. The molecule has 0 radical (unpaired) electrons. The van der Waals surface area contributed by atoms with E-state index in [0.29, 0.717) is 16.8 Å². The Balaban J connectivity index is 2.36. The molecule has 18 heavy (non-hydrogen) atoms. The molecule has 1 heterocycles. The van der Waals surface area contributed by atoms with Crippen LogP contribution >= 0.6 is 11.6 Å². The number of aryl methyl sites for hydroxylation is 1. The van der Waals surface area contributed by atoms with E-state index in [0.717, 1.165) is 5.39 Å². The van der Waals surface area contributed by atoms with Gasteiger partial charge < -0.3 is 0 Å². The minimum atomic E-state index is -2.21. The lowest BCUT2D eigenvalue weighted by Gasteiger charge is -2.08. The zero-order valence-electron chi connectivity index (χ0n) is 12.4. The van der Waals surface area contributed by atoms with Gasteiger partial charge in [-0.25, -0.2) is 9.97 Å². The first-order valence-electron chi connectivity index (χ1n) is 6.99. The molecule has 2 nitrogen and oxygen atoms in total. The van der Waals surface area contributed by atoms with Crippen molar-refractivity contribution >= 4 is 22.5 Å². The highest BCUT2D eigenvalue weighted by atomic mass is 35.5. The summed E-state index contributed by atoms with van der Waals surface area (Å²) in [5, 5.41) is 0.877. The van der Waals surface area contributed by atoms with Crippen LogP contribution in [0.25, 0.3) is 22.2 Å². The van der Waals surface area contributed by atoms with Gasteiger partial charge in [-0.2, -0.15) is 0 Å². The zero-order valence-corrected chi connectivity index (χ0v) is 10.1. The molecule has 3 heteroatoms. The number of halogens is 1. The quantitative estimate of drug-likeness (QED) is 0.609. The highest BCUT2D eigenvalue weighted by Gasteiger charge is 2.09. The molecule has 0 N–H and O–H groups in total. The van der Waals surface area contributed by atoms with Crippen molar-refractivity contribution in [3.8, 4) is 11.3 Å². The van der Waals surface area contributed by atoms with E-state index in [1.54, 1.807) is 24.3 Å². The van der Waals surface area contributed by atoms with Crippen LogP contribution < -0.4 is 0 Å². The van der Waals surface area contributed by atoms with Gasteiger partial charge in [0, 0.05) is 15.1 Å². The number of nitrogens with zero attached hydrogens (tertiary/aromatic N) is 2. The summed E-state index contributed by atoms with van der Waals surface area (Å²) in [5.74, 6) is 0. The molecule has 2 aromatic carbocycles. The summed E-state index contributed by atoms with van der Waals surface area (Å²) in [5.41, 5.74) is 2.04. The van der Waals surface area contributed by atoms with Crippen LogP contribution in [0.1, 0.15) is 9.68 Å². The molecule has 0 aliphatic rings. The molecular weight excluding hydrogens is 244 g/mol. The van der Waals surface area contributed by atoms with E-state index in [4.69, 9.17) is 15.7 Å². The highest BCUT2D eigenvalue weighted by molar-refractivity contribution is 6.28. The molecule has 3 rings (SSSR count). The van der Waals surface area contributed by atoms with Crippen molar-refractivity contribution in [1.29, 1.82) is 0 Å². The van der Waals surface area contributed by atoms with Crippen LogP contribution in [0.3, 0.4) is 0 Å². The van der Waals surface area contributed by atoms with Gasteiger partial charge in [0.15, 0.2) is 0 Å². The van der Waals surface area contributed by atoms with Crippen LogP contribution in [0.15, 0.2) is 48.5 Å². The summed E-state index contributed by atoms with van der Waals surface area (Å²) >= 11 is 5.98. The fraction of sp³-hybridized carbons (Fsp3) is 0.0667. The summed E-state index contributed by atoms with van der Waals surface area (Å²) in [7, 11) is 0. The Morgan fingerprint density at radius 2 is 1.78 bits per heavy atom. The van der Waals surface area contributed by atoms with E-state index in [1.807, 2.05) is 24.3 Å². The lowest BCUT2D eigenvalue weighted by Crippen LogP contribution is -1.92. The third-order valence-electron chi connectivity index (χ3n) is 2.76. The molecule has 0 atom stereocenters. The number of rotatable bonds is 1. The highest BCUT2D eigenvalue weighted by Crippen LogP contribution is 2.29. The van der Waals surface area contributed by atoms with E-state index in [9.17, 15) is 0 Å². The Morgan fingerprint density at radius 3 is 2.67 bits per heavy atom. The van der Waals surface area contributed by atoms with Crippen molar-refractivity contribution in [2.75, 3.05) is 0 Å². The van der Waals surface area contributed by atoms with Gasteiger partial charge in [0.05, 0.1) is 11.2 Å². The van der Waals surface area contributed by atoms with Crippen molar-refractivity contribution in [1.82, 2.24) is 9.97 Å². The van der Waals surface area contributed by atoms with Crippen LogP contribution in [-0.2, 0) is 0 Å². The molecule has 0 spiro atoms. The molecule has 3 aromatic rings. The zero-order chi connectivity index (χ0) is 15.0. The molecule has 0 saturated carbocycles. The van der Waals surface area contributed by atoms with Gasteiger partial charge in [0.25, 0.3) is 0 Å². The second kappa shape index (κ2) is 4.39. The third-order valence-corrected chi connectivity index (χ3v) is 2.93. The maximum atomic E-state index is 7.68. The number of aromatic nitrogens is 2. The first kappa shape index (κ1) is 8.22. The Bertz CT molecular complexity index is 815. The summed E-state index contributed by atoms with van der Waals surface area (Å²) in [6, 6.07) is 14.2. The lowest BCUT2D eigenvalue weighted by atomic mass is 10.0. The average Bonchev–Trinajstić information content (AvgIpc) is 2.45. The normalized spacial score (nSPS) is 13.9. The van der Waals surface area contributed by atoms with Crippen molar-refractivity contribution < 1.29 is 4.11 Å². The number of benzene rings is 2.